The summed E-state index contributed by atoms with van der Waals surface area (Å²) in [5.41, 5.74) is 0.612. The van der Waals surface area contributed by atoms with E-state index in [1.165, 1.54) is 64.5 Å². The van der Waals surface area contributed by atoms with Crippen molar-refractivity contribution in [2.45, 2.75) is 57.4 Å². The van der Waals surface area contributed by atoms with Gasteiger partial charge in [0.2, 0.25) is 0 Å². The minimum absolute atomic E-state index is 0.612. The molecule has 3 fully saturated rings. The summed E-state index contributed by atoms with van der Waals surface area (Å²) < 4.78 is 0. The number of likely N-dealkylation sites (N-methyl/N-ethyl adjacent to an activating group) is 1. The minimum Gasteiger partial charge on any atom is -0.355 e. The molecule has 0 atom stereocenters. The third-order valence-electron chi connectivity index (χ3n) is 5.78. The average Bonchev–Trinajstić information content (AvgIpc) is 3.28. The van der Waals surface area contributed by atoms with E-state index >= 15 is 0 Å². The fraction of sp³-hybridized carbons (Fsp3) is 0.941. The van der Waals surface area contributed by atoms with Crippen LogP contribution in [0.15, 0.2) is 4.99 Å². The molecule has 1 spiro atoms. The Morgan fingerprint density at radius 3 is 2.67 bits per heavy atom. The molecule has 1 N–H and O–H groups in total. The van der Waals surface area contributed by atoms with Gasteiger partial charge in [-0.2, -0.15) is 0 Å². The Balaban J connectivity index is 1.45. The van der Waals surface area contributed by atoms with Gasteiger partial charge in [-0.15, -0.1) is 0 Å². The van der Waals surface area contributed by atoms with Crippen molar-refractivity contribution in [3.63, 3.8) is 0 Å². The highest BCUT2D eigenvalue weighted by Crippen LogP contribution is 2.43. The molecule has 21 heavy (non-hydrogen) atoms. The summed E-state index contributed by atoms with van der Waals surface area (Å²) in [6.45, 7) is 4.56. The molecule has 3 aliphatic rings. The summed E-state index contributed by atoms with van der Waals surface area (Å²) in [5, 5.41) is 3.58. The molecule has 120 valence electrons. The van der Waals surface area contributed by atoms with Crippen molar-refractivity contribution in [2.75, 3.05) is 40.3 Å². The molecule has 0 radical (unpaired) electrons. The van der Waals surface area contributed by atoms with E-state index in [-0.39, 0.29) is 0 Å². The van der Waals surface area contributed by atoms with Crippen molar-refractivity contribution < 1.29 is 0 Å². The molecule has 0 amide bonds. The van der Waals surface area contributed by atoms with Gasteiger partial charge >= 0.3 is 0 Å². The van der Waals surface area contributed by atoms with Crippen LogP contribution in [0.5, 0.6) is 0 Å². The van der Waals surface area contributed by atoms with Crippen LogP contribution in [0.25, 0.3) is 0 Å². The second-order valence-corrected chi connectivity index (χ2v) is 7.42. The Bertz CT molecular complexity index is 369. The Morgan fingerprint density at radius 1 is 1.24 bits per heavy atom. The van der Waals surface area contributed by atoms with Crippen LogP contribution in [0.4, 0.5) is 0 Å². The first-order valence-electron chi connectivity index (χ1n) is 8.88. The quantitative estimate of drug-likeness (QED) is 0.637. The fourth-order valence-corrected chi connectivity index (χ4v) is 4.20. The molecule has 2 saturated carbocycles. The normalized spacial score (nSPS) is 25.9. The zero-order valence-corrected chi connectivity index (χ0v) is 13.9. The van der Waals surface area contributed by atoms with E-state index in [4.69, 9.17) is 0 Å². The monoisotopic (exact) mass is 292 g/mol. The van der Waals surface area contributed by atoms with E-state index in [9.17, 15) is 0 Å². The lowest BCUT2D eigenvalue weighted by Crippen LogP contribution is -2.44. The van der Waals surface area contributed by atoms with Gasteiger partial charge in [0.15, 0.2) is 5.96 Å². The third-order valence-corrected chi connectivity index (χ3v) is 5.78. The number of guanidine groups is 1. The zero-order chi connectivity index (χ0) is 14.7. The fourth-order valence-electron chi connectivity index (χ4n) is 4.20. The van der Waals surface area contributed by atoms with Crippen molar-refractivity contribution in [3.05, 3.63) is 0 Å². The topological polar surface area (TPSA) is 30.9 Å². The molecule has 1 heterocycles. The van der Waals surface area contributed by atoms with Gasteiger partial charge in [0.1, 0.15) is 0 Å². The van der Waals surface area contributed by atoms with Crippen molar-refractivity contribution >= 4 is 5.96 Å². The van der Waals surface area contributed by atoms with Gasteiger partial charge in [-0.3, -0.25) is 4.99 Å². The Hall–Kier alpha value is -0.770. The summed E-state index contributed by atoms with van der Waals surface area (Å²) >= 11 is 0. The summed E-state index contributed by atoms with van der Waals surface area (Å²) in [4.78, 5) is 9.50. The minimum atomic E-state index is 0.612. The Labute approximate surface area is 130 Å². The van der Waals surface area contributed by atoms with Crippen molar-refractivity contribution in [1.29, 1.82) is 0 Å². The van der Waals surface area contributed by atoms with Crippen LogP contribution >= 0.6 is 0 Å². The van der Waals surface area contributed by atoms with Crippen LogP contribution in [-0.2, 0) is 0 Å². The predicted octanol–water partition coefficient (Wildman–Crippen LogP) is 2.31. The van der Waals surface area contributed by atoms with E-state index < -0.39 is 0 Å². The van der Waals surface area contributed by atoms with Crippen LogP contribution in [0.1, 0.15) is 51.4 Å². The van der Waals surface area contributed by atoms with Crippen LogP contribution in [0.3, 0.4) is 0 Å². The van der Waals surface area contributed by atoms with Crippen LogP contribution in [0, 0.1) is 5.41 Å². The second-order valence-electron chi connectivity index (χ2n) is 7.42. The molecule has 4 nitrogen and oxygen atoms in total. The van der Waals surface area contributed by atoms with Crippen LogP contribution in [0.2, 0.25) is 0 Å². The van der Waals surface area contributed by atoms with Crippen LogP contribution in [-0.4, -0.2) is 62.1 Å². The number of likely N-dealkylation sites (tertiary alicyclic amines) is 1. The van der Waals surface area contributed by atoms with E-state index in [2.05, 4.69) is 27.2 Å². The largest absolute Gasteiger partial charge is 0.355 e. The zero-order valence-electron chi connectivity index (χ0n) is 13.9. The molecular formula is C17H32N4. The second kappa shape index (κ2) is 6.55. The van der Waals surface area contributed by atoms with Crippen molar-refractivity contribution in [1.82, 2.24) is 15.1 Å². The maximum atomic E-state index is 4.52. The molecule has 1 saturated heterocycles. The SMILES string of the molecule is CN=C(NCCN(C)C1CC1)N1CCC2(CCCCC2)C1. The van der Waals surface area contributed by atoms with Gasteiger partial charge in [0, 0.05) is 39.3 Å². The Kier molecular flexibility index (Phi) is 4.72. The van der Waals surface area contributed by atoms with E-state index in [0.717, 1.165) is 25.1 Å². The maximum Gasteiger partial charge on any atom is 0.193 e. The van der Waals surface area contributed by atoms with E-state index in [0.29, 0.717) is 5.41 Å². The lowest BCUT2D eigenvalue weighted by Gasteiger charge is -2.33. The molecule has 0 unspecified atom stereocenters. The molecular weight excluding hydrogens is 260 g/mol. The van der Waals surface area contributed by atoms with Gasteiger partial charge in [0.05, 0.1) is 0 Å². The number of aliphatic imine (C=N–C) groups is 1. The maximum absolute atomic E-state index is 4.52. The first-order chi connectivity index (χ1) is 10.2. The molecule has 0 aromatic rings. The summed E-state index contributed by atoms with van der Waals surface area (Å²) in [5.74, 6) is 1.13. The molecule has 4 heteroatoms. The number of hydrogen-bond donors (Lipinski definition) is 1. The average molecular weight is 292 g/mol. The van der Waals surface area contributed by atoms with Gasteiger partial charge in [0.25, 0.3) is 0 Å². The molecule has 2 aliphatic carbocycles. The highest BCUT2D eigenvalue weighted by atomic mass is 15.3. The molecule has 0 bridgehead atoms. The van der Waals surface area contributed by atoms with Crippen LogP contribution < -0.4 is 5.32 Å². The predicted molar refractivity (Wildman–Crippen MR) is 88.7 cm³/mol. The first kappa shape index (κ1) is 15.1. The summed E-state index contributed by atoms with van der Waals surface area (Å²) in [6, 6.07) is 0.853. The highest BCUT2D eigenvalue weighted by molar-refractivity contribution is 5.80. The lowest BCUT2D eigenvalue weighted by molar-refractivity contribution is 0.203. The molecule has 0 aromatic heterocycles. The van der Waals surface area contributed by atoms with Gasteiger partial charge in [-0.1, -0.05) is 19.3 Å². The standard InChI is InChI=1S/C17H32N4/c1-18-16(19-11-13-20(2)15-6-7-15)21-12-10-17(14-21)8-4-3-5-9-17/h15H,3-14H2,1-2H3,(H,18,19). The number of rotatable bonds is 4. The summed E-state index contributed by atoms with van der Waals surface area (Å²) in [6.07, 6.45) is 11.3. The van der Waals surface area contributed by atoms with Crippen molar-refractivity contribution in [2.24, 2.45) is 10.4 Å². The number of nitrogens with one attached hydrogen (secondary N) is 1. The summed E-state index contributed by atoms with van der Waals surface area (Å²) in [7, 11) is 4.17. The van der Waals surface area contributed by atoms with E-state index in [1.807, 2.05) is 7.05 Å². The van der Waals surface area contributed by atoms with E-state index in [1.54, 1.807) is 0 Å². The Morgan fingerprint density at radius 2 is 2.00 bits per heavy atom. The number of hydrogen-bond acceptors (Lipinski definition) is 2. The number of nitrogens with zero attached hydrogens (tertiary/aromatic N) is 3. The van der Waals surface area contributed by atoms with Gasteiger partial charge in [-0.25, -0.2) is 0 Å². The smallest absolute Gasteiger partial charge is 0.193 e. The van der Waals surface area contributed by atoms with Crippen molar-refractivity contribution in [3.8, 4) is 0 Å². The van der Waals surface area contributed by atoms with Gasteiger partial charge < -0.3 is 15.1 Å². The first-order valence-corrected chi connectivity index (χ1v) is 8.88. The lowest BCUT2D eigenvalue weighted by atomic mass is 9.73. The highest BCUT2D eigenvalue weighted by Gasteiger charge is 2.39. The molecule has 0 aromatic carbocycles. The molecule has 1 aliphatic heterocycles. The molecule has 3 rings (SSSR count). The third kappa shape index (κ3) is 3.71. The van der Waals surface area contributed by atoms with Gasteiger partial charge in [-0.05, 0) is 44.6 Å².